The Morgan fingerprint density at radius 3 is 2.64 bits per heavy atom. The molecule has 124 valence electrons. The maximum Gasteiger partial charge on any atom is 0.469 e. The molecular formula is C9H14N3O9P. The van der Waals surface area contributed by atoms with Crippen molar-refractivity contribution in [1.29, 1.82) is 0 Å². The van der Waals surface area contributed by atoms with Crippen LogP contribution in [0.4, 0.5) is 0 Å². The van der Waals surface area contributed by atoms with Crippen LogP contribution in [0, 0.1) is 0 Å². The van der Waals surface area contributed by atoms with Crippen LogP contribution in [0.15, 0.2) is 17.1 Å². The van der Waals surface area contributed by atoms with Crippen molar-refractivity contribution < 1.29 is 38.7 Å². The third kappa shape index (κ3) is 3.69. The summed E-state index contributed by atoms with van der Waals surface area (Å²) in [5, 5.41) is 19.7. The quantitative estimate of drug-likeness (QED) is 0.276. The number of aromatic nitrogens is 2. The lowest BCUT2D eigenvalue weighted by Crippen LogP contribution is -2.36. The predicted octanol–water partition coefficient (Wildman–Crippen LogP) is -2.78. The molecule has 0 bridgehead atoms. The fourth-order valence-electron chi connectivity index (χ4n) is 1.92. The topological polar surface area (TPSA) is 187 Å². The molecule has 0 amide bonds. The van der Waals surface area contributed by atoms with Crippen LogP contribution in [-0.4, -0.2) is 54.5 Å². The van der Waals surface area contributed by atoms with Gasteiger partial charge in [-0.2, -0.15) is 10.9 Å². The highest BCUT2D eigenvalue weighted by atomic mass is 31.2. The van der Waals surface area contributed by atoms with E-state index in [9.17, 15) is 19.6 Å². The van der Waals surface area contributed by atoms with Gasteiger partial charge < -0.3 is 29.6 Å². The van der Waals surface area contributed by atoms with Gasteiger partial charge in [0.15, 0.2) is 6.23 Å². The van der Waals surface area contributed by atoms with E-state index in [1.807, 2.05) is 0 Å². The van der Waals surface area contributed by atoms with Crippen LogP contribution in [0.3, 0.4) is 0 Å². The van der Waals surface area contributed by atoms with Crippen LogP contribution >= 0.6 is 7.82 Å². The van der Waals surface area contributed by atoms with E-state index in [-0.39, 0.29) is 5.88 Å². The molecule has 0 saturated carbocycles. The largest absolute Gasteiger partial charge is 0.469 e. The van der Waals surface area contributed by atoms with E-state index in [1.54, 1.807) is 0 Å². The fraction of sp³-hybridized carbons (Fsp3) is 0.556. The number of hydrogen-bond acceptors (Lipinski definition) is 9. The summed E-state index contributed by atoms with van der Waals surface area (Å²) in [5.74, 6) is 4.70. The maximum absolute atomic E-state index is 11.7. The SMILES string of the molecule is NOc1ccn(C2OC(COP(=O)(O)O)C(O)C2O)c(=O)n1. The molecule has 1 saturated heterocycles. The molecule has 22 heavy (non-hydrogen) atoms. The van der Waals surface area contributed by atoms with E-state index in [4.69, 9.17) is 20.4 Å². The number of phosphoric ester groups is 1. The number of nitrogens with two attached hydrogens (primary N) is 1. The van der Waals surface area contributed by atoms with Gasteiger partial charge in [0, 0.05) is 12.3 Å². The average Bonchev–Trinajstić information content (AvgIpc) is 2.72. The molecule has 6 N–H and O–H groups in total. The molecule has 13 heteroatoms. The van der Waals surface area contributed by atoms with Crippen LogP contribution in [0.2, 0.25) is 0 Å². The zero-order valence-electron chi connectivity index (χ0n) is 10.9. The first-order chi connectivity index (χ1) is 10.2. The Morgan fingerprint density at radius 2 is 2.09 bits per heavy atom. The normalized spacial score (nSPS) is 28.8. The van der Waals surface area contributed by atoms with Crippen molar-refractivity contribution in [3.05, 3.63) is 22.7 Å². The van der Waals surface area contributed by atoms with Crippen molar-refractivity contribution in [2.45, 2.75) is 24.5 Å². The van der Waals surface area contributed by atoms with Crippen LogP contribution in [-0.2, 0) is 13.8 Å². The zero-order chi connectivity index (χ0) is 16.5. The van der Waals surface area contributed by atoms with E-state index in [2.05, 4.69) is 14.3 Å². The Labute approximate surface area is 122 Å². The van der Waals surface area contributed by atoms with Gasteiger partial charge in [-0.1, -0.05) is 0 Å². The molecular weight excluding hydrogens is 325 g/mol. The van der Waals surface area contributed by atoms with Crippen molar-refractivity contribution >= 4 is 7.82 Å². The predicted molar refractivity (Wildman–Crippen MR) is 67.2 cm³/mol. The molecule has 1 aliphatic heterocycles. The van der Waals surface area contributed by atoms with Crippen molar-refractivity contribution in [3.8, 4) is 5.88 Å². The zero-order valence-corrected chi connectivity index (χ0v) is 11.8. The highest BCUT2D eigenvalue weighted by Gasteiger charge is 2.45. The lowest BCUT2D eigenvalue weighted by Gasteiger charge is -2.17. The van der Waals surface area contributed by atoms with Crippen LogP contribution in [0.5, 0.6) is 5.88 Å². The highest BCUT2D eigenvalue weighted by Crippen LogP contribution is 2.38. The second-order valence-electron chi connectivity index (χ2n) is 4.41. The van der Waals surface area contributed by atoms with Crippen LogP contribution in [0.25, 0.3) is 0 Å². The Hall–Kier alpha value is -1.37. The second-order valence-corrected chi connectivity index (χ2v) is 5.65. The van der Waals surface area contributed by atoms with Gasteiger partial charge in [-0.3, -0.25) is 9.09 Å². The third-order valence-corrected chi connectivity index (χ3v) is 3.43. The molecule has 1 aromatic rings. The van der Waals surface area contributed by atoms with Crippen molar-refractivity contribution in [1.82, 2.24) is 9.55 Å². The van der Waals surface area contributed by atoms with Crippen molar-refractivity contribution in [2.75, 3.05) is 6.61 Å². The fourth-order valence-corrected chi connectivity index (χ4v) is 2.26. The summed E-state index contributed by atoms with van der Waals surface area (Å²) in [5.41, 5.74) is -0.865. The van der Waals surface area contributed by atoms with Gasteiger partial charge in [0.05, 0.1) is 6.61 Å². The molecule has 1 fully saturated rings. The minimum atomic E-state index is -4.76. The van der Waals surface area contributed by atoms with Gasteiger partial charge in [0.25, 0.3) is 0 Å². The summed E-state index contributed by atoms with van der Waals surface area (Å²) in [6.45, 7) is -0.675. The lowest BCUT2D eigenvalue weighted by molar-refractivity contribution is -0.0543. The summed E-state index contributed by atoms with van der Waals surface area (Å²) in [6.07, 6.45) is -4.44. The van der Waals surface area contributed by atoms with E-state index < -0.39 is 44.7 Å². The Balaban J connectivity index is 2.16. The first-order valence-corrected chi connectivity index (χ1v) is 7.43. The Morgan fingerprint density at radius 1 is 1.41 bits per heavy atom. The molecule has 0 aromatic carbocycles. The molecule has 1 aromatic heterocycles. The van der Waals surface area contributed by atoms with Gasteiger partial charge in [-0.05, 0) is 0 Å². The number of ether oxygens (including phenoxy) is 1. The lowest BCUT2D eigenvalue weighted by atomic mass is 10.1. The number of hydrogen-bond donors (Lipinski definition) is 5. The molecule has 2 rings (SSSR count). The molecule has 0 radical (unpaired) electrons. The average molecular weight is 339 g/mol. The smallest absolute Gasteiger partial charge is 0.391 e. The maximum atomic E-state index is 11.7. The van der Waals surface area contributed by atoms with Gasteiger partial charge in [0.2, 0.25) is 5.88 Å². The first-order valence-electron chi connectivity index (χ1n) is 5.90. The van der Waals surface area contributed by atoms with Crippen LogP contribution in [0.1, 0.15) is 6.23 Å². The minimum Gasteiger partial charge on any atom is -0.391 e. The molecule has 0 spiro atoms. The molecule has 4 unspecified atom stereocenters. The molecule has 2 heterocycles. The van der Waals surface area contributed by atoms with E-state index in [0.29, 0.717) is 0 Å². The Kier molecular flexibility index (Phi) is 4.94. The number of aliphatic hydroxyl groups excluding tert-OH is 2. The van der Waals surface area contributed by atoms with Crippen molar-refractivity contribution in [3.63, 3.8) is 0 Å². The summed E-state index contributed by atoms with van der Waals surface area (Å²) in [4.78, 5) is 36.7. The minimum absolute atomic E-state index is 0.157. The number of phosphoric acid groups is 1. The van der Waals surface area contributed by atoms with Gasteiger partial charge >= 0.3 is 13.5 Å². The number of nitrogens with zero attached hydrogens (tertiary/aromatic N) is 2. The standard InChI is InChI=1S/C9H14N3O9P/c10-21-5-1-2-12(9(15)11-5)8-7(14)6(13)4(20-8)3-19-22(16,17)18/h1-2,4,6-8,13-14H,3,10H2,(H2,16,17,18). The summed E-state index contributed by atoms with van der Waals surface area (Å²) in [6, 6.07) is 1.23. The summed E-state index contributed by atoms with van der Waals surface area (Å²) < 4.78 is 20.9. The van der Waals surface area contributed by atoms with E-state index in [1.165, 1.54) is 12.3 Å². The number of rotatable bonds is 5. The second kappa shape index (κ2) is 6.40. The summed E-state index contributed by atoms with van der Waals surface area (Å²) in [7, 11) is -4.76. The highest BCUT2D eigenvalue weighted by molar-refractivity contribution is 7.46. The van der Waals surface area contributed by atoms with Gasteiger partial charge in [0.1, 0.15) is 18.3 Å². The van der Waals surface area contributed by atoms with Gasteiger partial charge in [-0.25, -0.2) is 9.36 Å². The molecule has 1 aliphatic rings. The van der Waals surface area contributed by atoms with E-state index in [0.717, 1.165) is 4.57 Å². The summed E-state index contributed by atoms with van der Waals surface area (Å²) >= 11 is 0. The van der Waals surface area contributed by atoms with E-state index >= 15 is 0 Å². The molecule has 12 nitrogen and oxygen atoms in total. The Bertz CT molecular complexity index is 631. The van der Waals surface area contributed by atoms with Gasteiger partial charge in [-0.15, -0.1) is 0 Å². The molecule has 4 atom stereocenters. The first kappa shape index (κ1) is 17.0. The third-order valence-electron chi connectivity index (χ3n) is 2.94. The molecule has 0 aliphatic carbocycles. The van der Waals surface area contributed by atoms with Crippen LogP contribution < -0.4 is 16.4 Å². The van der Waals surface area contributed by atoms with Crippen molar-refractivity contribution in [2.24, 2.45) is 5.90 Å². The monoisotopic (exact) mass is 339 g/mol. The number of aliphatic hydroxyl groups is 2.